The quantitative estimate of drug-likeness (QED) is 0.843. The van der Waals surface area contributed by atoms with Gasteiger partial charge in [0.05, 0.1) is 18.7 Å². The Morgan fingerprint density at radius 1 is 1.09 bits per heavy atom. The Balaban J connectivity index is 1.92. The molecule has 0 aliphatic rings. The lowest BCUT2D eigenvalue weighted by Gasteiger charge is -2.09. The van der Waals surface area contributed by atoms with E-state index in [0.717, 1.165) is 5.56 Å². The van der Waals surface area contributed by atoms with Crippen LogP contribution in [0.5, 0.6) is 5.75 Å². The summed E-state index contributed by atoms with van der Waals surface area (Å²) in [7, 11) is 1.54. The molecule has 2 amide bonds. The van der Waals surface area contributed by atoms with E-state index in [0.29, 0.717) is 17.0 Å². The van der Waals surface area contributed by atoms with Crippen LogP contribution in [0, 0.1) is 11.3 Å². The average Bonchev–Trinajstić information content (AvgIpc) is 2.60. The van der Waals surface area contributed by atoms with Gasteiger partial charge in [-0.05, 0) is 30.3 Å². The smallest absolute Gasteiger partial charge is 0.313 e. The molecule has 0 spiro atoms. The molecule has 116 valence electrons. The number of carbonyl (C=O) groups excluding carboxylic acids is 2. The summed E-state index contributed by atoms with van der Waals surface area (Å²) >= 11 is 0. The number of anilines is 1. The van der Waals surface area contributed by atoms with Gasteiger partial charge >= 0.3 is 11.8 Å². The highest BCUT2D eigenvalue weighted by atomic mass is 16.5. The van der Waals surface area contributed by atoms with E-state index in [2.05, 4.69) is 10.6 Å². The van der Waals surface area contributed by atoms with Crippen molar-refractivity contribution in [2.75, 3.05) is 12.4 Å². The van der Waals surface area contributed by atoms with Gasteiger partial charge in [0.25, 0.3) is 0 Å². The van der Waals surface area contributed by atoms with Crippen molar-refractivity contribution in [2.24, 2.45) is 0 Å². The highest BCUT2D eigenvalue weighted by Gasteiger charge is 2.14. The normalized spacial score (nSPS) is 9.57. The first kappa shape index (κ1) is 16.0. The monoisotopic (exact) mass is 309 g/mol. The predicted molar refractivity (Wildman–Crippen MR) is 84.6 cm³/mol. The summed E-state index contributed by atoms with van der Waals surface area (Å²) in [5.41, 5.74) is 1.69. The highest BCUT2D eigenvalue weighted by Crippen LogP contribution is 2.16. The summed E-state index contributed by atoms with van der Waals surface area (Å²) in [5.74, 6) is -0.884. The van der Waals surface area contributed by atoms with Gasteiger partial charge in [-0.25, -0.2) is 0 Å². The minimum absolute atomic E-state index is 0.184. The number of nitrogens with zero attached hydrogens (tertiary/aromatic N) is 1. The number of hydrogen-bond acceptors (Lipinski definition) is 4. The first-order valence-corrected chi connectivity index (χ1v) is 6.85. The van der Waals surface area contributed by atoms with Crippen LogP contribution in [-0.4, -0.2) is 18.9 Å². The summed E-state index contributed by atoms with van der Waals surface area (Å²) in [4.78, 5) is 23.7. The molecule has 6 heteroatoms. The SMILES string of the molecule is COc1ccccc1CNC(=O)C(=O)Nc1ccc(C#N)cc1. The maximum Gasteiger partial charge on any atom is 0.313 e. The third-order valence-electron chi connectivity index (χ3n) is 3.11. The molecule has 0 fully saturated rings. The summed E-state index contributed by atoms with van der Waals surface area (Å²) in [6.07, 6.45) is 0. The molecule has 0 saturated carbocycles. The molecule has 2 rings (SSSR count). The average molecular weight is 309 g/mol. The second-order valence-corrected chi connectivity index (χ2v) is 4.64. The summed E-state index contributed by atoms with van der Waals surface area (Å²) in [5, 5.41) is 13.7. The fraction of sp³-hybridized carbons (Fsp3) is 0.118. The van der Waals surface area contributed by atoms with Gasteiger partial charge in [-0.1, -0.05) is 18.2 Å². The number of nitrogens with one attached hydrogen (secondary N) is 2. The Labute approximate surface area is 133 Å². The van der Waals surface area contributed by atoms with Crippen LogP contribution in [0.4, 0.5) is 5.69 Å². The summed E-state index contributed by atoms with van der Waals surface area (Å²) < 4.78 is 5.18. The standard InChI is InChI=1S/C17H15N3O3/c1-23-15-5-3-2-4-13(15)11-19-16(21)17(22)20-14-8-6-12(10-18)7-9-14/h2-9H,11H2,1H3,(H,19,21)(H,20,22). The highest BCUT2D eigenvalue weighted by molar-refractivity contribution is 6.39. The topological polar surface area (TPSA) is 91.2 Å². The molecule has 0 bridgehead atoms. The van der Waals surface area contributed by atoms with E-state index < -0.39 is 11.8 Å². The molecule has 6 nitrogen and oxygen atoms in total. The Bertz CT molecular complexity index is 748. The molecule has 2 N–H and O–H groups in total. The first-order chi connectivity index (χ1) is 11.1. The third kappa shape index (κ3) is 4.32. The van der Waals surface area contributed by atoms with E-state index in [1.54, 1.807) is 36.4 Å². The number of rotatable bonds is 4. The van der Waals surface area contributed by atoms with Crippen molar-refractivity contribution in [2.45, 2.75) is 6.54 Å². The van der Waals surface area contributed by atoms with Gasteiger partial charge in [0.15, 0.2) is 0 Å². The second-order valence-electron chi connectivity index (χ2n) is 4.64. The van der Waals surface area contributed by atoms with Gasteiger partial charge in [-0.15, -0.1) is 0 Å². The van der Waals surface area contributed by atoms with Crippen molar-refractivity contribution in [3.8, 4) is 11.8 Å². The van der Waals surface area contributed by atoms with Crippen molar-refractivity contribution in [1.29, 1.82) is 5.26 Å². The number of ether oxygens (including phenoxy) is 1. The van der Waals surface area contributed by atoms with Gasteiger partial charge in [-0.2, -0.15) is 5.26 Å². The lowest BCUT2D eigenvalue weighted by atomic mass is 10.2. The first-order valence-electron chi connectivity index (χ1n) is 6.85. The van der Waals surface area contributed by atoms with Crippen LogP contribution < -0.4 is 15.4 Å². The lowest BCUT2D eigenvalue weighted by molar-refractivity contribution is -0.136. The van der Waals surface area contributed by atoms with Crippen molar-refractivity contribution in [1.82, 2.24) is 5.32 Å². The van der Waals surface area contributed by atoms with E-state index in [-0.39, 0.29) is 6.54 Å². The lowest BCUT2D eigenvalue weighted by Crippen LogP contribution is -2.35. The van der Waals surface area contributed by atoms with Crippen LogP contribution in [-0.2, 0) is 16.1 Å². The van der Waals surface area contributed by atoms with Crippen molar-refractivity contribution in [3.63, 3.8) is 0 Å². The maximum atomic E-state index is 11.8. The van der Waals surface area contributed by atoms with Gasteiger partial charge in [0, 0.05) is 17.8 Å². The Morgan fingerprint density at radius 3 is 2.43 bits per heavy atom. The van der Waals surface area contributed by atoms with Crippen molar-refractivity contribution >= 4 is 17.5 Å². The Hall–Kier alpha value is -3.33. The van der Waals surface area contributed by atoms with Gasteiger partial charge in [-0.3, -0.25) is 9.59 Å². The molecule has 0 aliphatic heterocycles. The second kappa shape index (κ2) is 7.61. The molecule has 0 heterocycles. The van der Waals surface area contributed by atoms with E-state index in [4.69, 9.17) is 10.00 Å². The van der Waals surface area contributed by atoms with E-state index in [1.807, 2.05) is 18.2 Å². The molecule has 0 atom stereocenters. The minimum Gasteiger partial charge on any atom is -0.496 e. The predicted octanol–water partition coefficient (Wildman–Crippen LogP) is 1.82. The van der Waals surface area contributed by atoms with Crippen LogP contribution in [0.25, 0.3) is 0 Å². The van der Waals surface area contributed by atoms with Crippen LogP contribution in [0.1, 0.15) is 11.1 Å². The molecule has 0 saturated heterocycles. The fourth-order valence-electron chi connectivity index (χ4n) is 1.92. The van der Waals surface area contributed by atoms with E-state index in [1.165, 1.54) is 7.11 Å². The zero-order chi connectivity index (χ0) is 16.7. The van der Waals surface area contributed by atoms with Crippen LogP contribution in [0.15, 0.2) is 48.5 Å². The van der Waals surface area contributed by atoms with Crippen LogP contribution in [0.2, 0.25) is 0 Å². The van der Waals surface area contributed by atoms with Crippen molar-refractivity contribution < 1.29 is 14.3 Å². The molecule has 23 heavy (non-hydrogen) atoms. The van der Waals surface area contributed by atoms with Crippen LogP contribution >= 0.6 is 0 Å². The molecule has 0 radical (unpaired) electrons. The van der Waals surface area contributed by atoms with Gasteiger partial charge < -0.3 is 15.4 Å². The van der Waals surface area contributed by atoms with Crippen molar-refractivity contribution in [3.05, 3.63) is 59.7 Å². The largest absolute Gasteiger partial charge is 0.496 e. The molecule has 0 unspecified atom stereocenters. The number of amides is 2. The summed E-state index contributed by atoms with van der Waals surface area (Å²) in [6, 6.07) is 15.4. The molecule has 0 aliphatic carbocycles. The number of carbonyl (C=O) groups is 2. The molecular formula is C17H15N3O3. The maximum absolute atomic E-state index is 11.8. The van der Waals surface area contributed by atoms with E-state index in [9.17, 15) is 9.59 Å². The van der Waals surface area contributed by atoms with Gasteiger partial charge in [0.1, 0.15) is 5.75 Å². The van der Waals surface area contributed by atoms with Crippen LogP contribution in [0.3, 0.4) is 0 Å². The zero-order valence-electron chi connectivity index (χ0n) is 12.5. The molecule has 2 aromatic carbocycles. The minimum atomic E-state index is -0.774. The summed E-state index contributed by atoms with van der Waals surface area (Å²) in [6.45, 7) is 0.184. The Morgan fingerprint density at radius 2 is 1.78 bits per heavy atom. The zero-order valence-corrected chi connectivity index (χ0v) is 12.5. The number of nitriles is 1. The molecule has 0 aromatic heterocycles. The third-order valence-corrected chi connectivity index (χ3v) is 3.11. The number of benzene rings is 2. The van der Waals surface area contributed by atoms with Gasteiger partial charge in [0.2, 0.25) is 0 Å². The molecular weight excluding hydrogens is 294 g/mol. The fourth-order valence-corrected chi connectivity index (χ4v) is 1.92. The molecule has 2 aromatic rings. The number of para-hydroxylation sites is 1. The number of hydrogen-bond donors (Lipinski definition) is 2. The van der Waals surface area contributed by atoms with E-state index >= 15 is 0 Å². The number of methoxy groups -OCH3 is 1. The Kier molecular flexibility index (Phi) is 5.31.